The maximum Gasteiger partial charge on any atom is 0.491 e. The summed E-state index contributed by atoms with van der Waals surface area (Å²) < 4.78 is 40.5. The summed E-state index contributed by atoms with van der Waals surface area (Å²) in [5.41, 5.74) is 0.0766. The largest absolute Gasteiger partial charge is 0.491 e. The summed E-state index contributed by atoms with van der Waals surface area (Å²) in [6, 6.07) is 7.72. The highest BCUT2D eigenvalue weighted by atomic mass is 19.4. The molecule has 0 aliphatic carbocycles. The second-order valence-corrected chi connectivity index (χ2v) is 3.63. The van der Waals surface area contributed by atoms with E-state index in [-0.39, 0.29) is 5.69 Å². The molecule has 2 aromatic rings. The van der Waals surface area contributed by atoms with Crippen molar-refractivity contribution in [1.29, 1.82) is 0 Å². The van der Waals surface area contributed by atoms with Crippen molar-refractivity contribution in [3.63, 3.8) is 0 Å². The minimum Gasteiger partial charge on any atom is -0.381 e. The first kappa shape index (κ1) is 12.9. The lowest BCUT2D eigenvalue weighted by Crippen LogP contribution is -2.29. The Hall–Kier alpha value is -2.51. The number of rotatable bonds is 1. The molecule has 0 saturated heterocycles. The second kappa shape index (κ2) is 4.30. The number of aromatic nitrogens is 1. The zero-order valence-corrected chi connectivity index (χ0v) is 9.27. The van der Waals surface area contributed by atoms with Crippen LogP contribution in [0.3, 0.4) is 0 Å². The van der Waals surface area contributed by atoms with Crippen LogP contribution < -0.4 is 5.84 Å². The zero-order chi connectivity index (χ0) is 14.2. The molecule has 0 aliphatic rings. The fourth-order valence-electron chi connectivity index (χ4n) is 1.53. The number of ether oxygens (including phenoxy) is 1. The molecular weight excluding hydrogens is 265 g/mol. The minimum atomic E-state index is -5.24. The molecule has 5 nitrogen and oxygen atoms in total. The highest BCUT2D eigenvalue weighted by Gasteiger charge is 2.42. The standard InChI is InChI=1S/C11H7F3N2O3/c12-11(13,14)10(18)19-9(17)8-5-6-3-1-2-4-7(6)16(8)15/h1-5H,15H2. The lowest BCUT2D eigenvalue weighted by atomic mass is 10.2. The van der Waals surface area contributed by atoms with E-state index in [2.05, 4.69) is 4.74 Å². The van der Waals surface area contributed by atoms with Gasteiger partial charge in [0.25, 0.3) is 0 Å². The van der Waals surface area contributed by atoms with Crippen molar-refractivity contribution >= 4 is 22.8 Å². The number of esters is 2. The average Bonchev–Trinajstić information content (AvgIpc) is 2.66. The predicted octanol–water partition coefficient (Wildman–Crippen LogP) is 1.60. The van der Waals surface area contributed by atoms with Gasteiger partial charge in [0.2, 0.25) is 0 Å². The molecular formula is C11H7F3N2O3. The molecule has 19 heavy (non-hydrogen) atoms. The Labute approximate surface area is 104 Å². The van der Waals surface area contributed by atoms with Gasteiger partial charge in [0.05, 0.1) is 5.52 Å². The van der Waals surface area contributed by atoms with Crippen molar-refractivity contribution in [2.75, 3.05) is 5.84 Å². The van der Waals surface area contributed by atoms with Gasteiger partial charge in [-0.25, -0.2) is 9.59 Å². The van der Waals surface area contributed by atoms with Gasteiger partial charge < -0.3 is 10.6 Å². The van der Waals surface area contributed by atoms with Crippen LogP contribution in [-0.4, -0.2) is 22.8 Å². The predicted molar refractivity (Wildman–Crippen MR) is 58.6 cm³/mol. The molecule has 0 saturated carbocycles. The van der Waals surface area contributed by atoms with Gasteiger partial charge in [0, 0.05) is 5.39 Å². The monoisotopic (exact) mass is 272 g/mol. The maximum atomic E-state index is 12.0. The number of alkyl halides is 3. The Morgan fingerprint density at radius 3 is 2.42 bits per heavy atom. The summed E-state index contributed by atoms with van der Waals surface area (Å²) in [5.74, 6) is 1.51. The van der Waals surface area contributed by atoms with E-state index < -0.39 is 18.1 Å². The second-order valence-electron chi connectivity index (χ2n) is 3.63. The van der Waals surface area contributed by atoms with E-state index in [1.165, 1.54) is 6.07 Å². The Morgan fingerprint density at radius 1 is 1.21 bits per heavy atom. The van der Waals surface area contributed by atoms with E-state index in [9.17, 15) is 22.8 Å². The number of nitrogens with two attached hydrogens (primary N) is 1. The van der Waals surface area contributed by atoms with Crippen molar-refractivity contribution in [3.8, 4) is 0 Å². The van der Waals surface area contributed by atoms with Gasteiger partial charge in [-0.3, -0.25) is 4.68 Å². The Morgan fingerprint density at radius 2 is 1.84 bits per heavy atom. The molecule has 8 heteroatoms. The first-order chi connectivity index (χ1) is 8.80. The fraction of sp³-hybridized carbons (Fsp3) is 0.0909. The lowest BCUT2D eigenvalue weighted by molar-refractivity contribution is -0.193. The molecule has 0 aliphatic heterocycles. The van der Waals surface area contributed by atoms with Crippen LogP contribution in [0.4, 0.5) is 13.2 Å². The van der Waals surface area contributed by atoms with E-state index >= 15 is 0 Å². The molecule has 0 bridgehead atoms. The third kappa shape index (κ3) is 2.37. The average molecular weight is 272 g/mol. The molecule has 0 atom stereocenters. The summed E-state index contributed by atoms with van der Waals surface area (Å²) in [4.78, 5) is 22.0. The van der Waals surface area contributed by atoms with Crippen LogP contribution in [0, 0.1) is 0 Å². The van der Waals surface area contributed by atoms with Crippen molar-refractivity contribution in [3.05, 3.63) is 36.0 Å². The zero-order valence-electron chi connectivity index (χ0n) is 9.27. The molecule has 1 aromatic carbocycles. The summed E-state index contributed by atoms with van der Waals surface area (Å²) in [5, 5.41) is 0.538. The molecule has 1 heterocycles. The number of hydrogen-bond donors (Lipinski definition) is 1. The topological polar surface area (TPSA) is 74.3 Å². The van der Waals surface area contributed by atoms with Crippen LogP contribution >= 0.6 is 0 Å². The Kier molecular flexibility index (Phi) is 2.93. The number of nitrogens with zero attached hydrogens (tertiary/aromatic N) is 1. The van der Waals surface area contributed by atoms with Gasteiger partial charge in [-0.05, 0) is 12.1 Å². The number of carbonyl (C=O) groups is 2. The number of fused-ring (bicyclic) bond motifs is 1. The van der Waals surface area contributed by atoms with E-state index in [1.807, 2.05) is 0 Å². The van der Waals surface area contributed by atoms with Gasteiger partial charge in [0.15, 0.2) is 0 Å². The molecule has 100 valence electrons. The Bertz CT molecular complexity index is 661. The molecule has 1 aromatic heterocycles. The van der Waals surface area contributed by atoms with Crippen LogP contribution in [0.1, 0.15) is 10.5 Å². The number of carbonyl (C=O) groups excluding carboxylic acids is 2. The molecule has 2 rings (SSSR count). The first-order valence-electron chi connectivity index (χ1n) is 4.99. The number of hydrogen-bond acceptors (Lipinski definition) is 4. The van der Waals surface area contributed by atoms with Crippen LogP contribution in [-0.2, 0) is 9.53 Å². The molecule has 2 N–H and O–H groups in total. The van der Waals surface area contributed by atoms with Crippen LogP contribution in [0.2, 0.25) is 0 Å². The maximum absolute atomic E-state index is 12.0. The number of para-hydroxylation sites is 1. The highest BCUT2D eigenvalue weighted by molar-refractivity contribution is 6.01. The van der Waals surface area contributed by atoms with Crippen molar-refractivity contribution in [2.24, 2.45) is 0 Å². The van der Waals surface area contributed by atoms with Crippen LogP contribution in [0.5, 0.6) is 0 Å². The van der Waals surface area contributed by atoms with E-state index in [0.29, 0.717) is 10.9 Å². The SMILES string of the molecule is Nn1c(C(=O)OC(=O)C(F)(F)F)cc2ccccc21. The molecule has 0 amide bonds. The van der Waals surface area contributed by atoms with Gasteiger partial charge in [-0.15, -0.1) is 0 Å². The van der Waals surface area contributed by atoms with Gasteiger partial charge in [-0.2, -0.15) is 13.2 Å². The summed E-state index contributed by atoms with van der Waals surface area (Å²) >= 11 is 0. The van der Waals surface area contributed by atoms with Crippen LogP contribution in [0.25, 0.3) is 10.9 Å². The molecule has 0 fully saturated rings. The Balaban J connectivity index is 2.32. The molecule has 0 radical (unpaired) electrons. The number of nitrogen functional groups attached to an aromatic ring is 1. The third-order valence-corrected chi connectivity index (χ3v) is 2.37. The molecule has 0 unspecified atom stereocenters. The highest BCUT2D eigenvalue weighted by Crippen LogP contribution is 2.20. The number of halogens is 3. The van der Waals surface area contributed by atoms with E-state index in [4.69, 9.17) is 5.84 Å². The fourth-order valence-corrected chi connectivity index (χ4v) is 1.53. The van der Waals surface area contributed by atoms with E-state index in [1.54, 1.807) is 24.3 Å². The van der Waals surface area contributed by atoms with Crippen molar-refractivity contribution in [2.45, 2.75) is 6.18 Å². The third-order valence-electron chi connectivity index (χ3n) is 2.37. The van der Waals surface area contributed by atoms with Gasteiger partial charge in [0.1, 0.15) is 5.69 Å². The smallest absolute Gasteiger partial charge is 0.381 e. The quantitative estimate of drug-likeness (QED) is 0.486. The first-order valence-corrected chi connectivity index (χ1v) is 4.99. The minimum absolute atomic E-state index is 0.348. The van der Waals surface area contributed by atoms with Gasteiger partial charge >= 0.3 is 18.1 Å². The summed E-state index contributed by atoms with van der Waals surface area (Å²) in [6.45, 7) is 0. The van der Waals surface area contributed by atoms with Crippen molar-refractivity contribution < 1.29 is 27.5 Å². The number of benzene rings is 1. The van der Waals surface area contributed by atoms with Crippen molar-refractivity contribution in [1.82, 2.24) is 4.68 Å². The summed E-state index contributed by atoms with van der Waals surface area (Å²) in [7, 11) is 0. The van der Waals surface area contributed by atoms with E-state index in [0.717, 1.165) is 4.68 Å². The summed E-state index contributed by atoms with van der Waals surface area (Å²) in [6.07, 6.45) is -5.24. The van der Waals surface area contributed by atoms with Gasteiger partial charge in [-0.1, -0.05) is 18.2 Å². The lowest BCUT2D eigenvalue weighted by Gasteiger charge is -2.06. The van der Waals surface area contributed by atoms with Crippen LogP contribution in [0.15, 0.2) is 30.3 Å². The molecule has 0 spiro atoms. The normalized spacial score (nSPS) is 11.5.